The van der Waals surface area contributed by atoms with Crippen molar-refractivity contribution in [3.63, 3.8) is 0 Å². The van der Waals surface area contributed by atoms with E-state index < -0.39 is 11.6 Å². The number of nitrogens with one attached hydrogen (secondary N) is 1. The first-order valence-electron chi connectivity index (χ1n) is 4.40. The fourth-order valence-electron chi connectivity index (χ4n) is 0.382. The molecule has 78 valence electrons. The molecule has 0 heterocycles. The molecule has 0 saturated heterocycles. The highest BCUT2D eigenvalue weighted by Crippen LogP contribution is 2.09. The third-order valence-corrected chi connectivity index (χ3v) is 1.80. The quantitative estimate of drug-likeness (QED) is 0.648. The van der Waals surface area contributed by atoms with Crippen LogP contribution in [0.15, 0.2) is 0 Å². The smallest absolute Gasteiger partial charge is 0.356 e. The van der Waals surface area contributed by atoms with Gasteiger partial charge in [-0.15, -0.1) is 5.48 Å². The zero-order chi connectivity index (χ0) is 10.7. The molecule has 0 aromatic rings. The zero-order valence-corrected chi connectivity index (χ0v) is 8.97. The summed E-state index contributed by atoms with van der Waals surface area (Å²) in [5.74, 6) is -0.672. The number of hydrogen-bond acceptors (Lipinski definition) is 4. The highest BCUT2D eigenvalue weighted by Gasteiger charge is 2.28. The van der Waals surface area contributed by atoms with Crippen molar-refractivity contribution < 1.29 is 14.7 Å². The largest absolute Gasteiger partial charge is 0.379 e. The van der Waals surface area contributed by atoms with E-state index in [-0.39, 0.29) is 5.54 Å². The van der Waals surface area contributed by atoms with Gasteiger partial charge in [0.25, 0.3) is 0 Å². The van der Waals surface area contributed by atoms with Crippen LogP contribution in [0.3, 0.4) is 0 Å². The summed E-state index contributed by atoms with van der Waals surface area (Å²) in [5, 5.41) is 9.24. The Kier molecular flexibility index (Phi) is 3.88. The lowest BCUT2D eigenvalue weighted by atomic mass is 10.0. The monoisotopic (exact) mass is 189 g/mol. The second-order valence-corrected chi connectivity index (χ2v) is 4.29. The molecule has 13 heavy (non-hydrogen) atoms. The number of hydrogen-bond donors (Lipinski definition) is 2. The summed E-state index contributed by atoms with van der Waals surface area (Å²) < 4.78 is 0. The van der Waals surface area contributed by atoms with Gasteiger partial charge in [-0.25, -0.2) is 4.79 Å². The van der Waals surface area contributed by atoms with Crippen molar-refractivity contribution in [3.05, 3.63) is 0 Å². The van der Waals surface area contributed by atoms with E-state index in [1.165, 1.54) is 13.8 Å². The molecule has 0 bridgehead atoms. The maximum atomic E-state index is 11.1. The first-order valence-corrected chi connectivity index (χ1v) is 4.40. The molecule has 0 aliphatic carbocycles. The molecule has 0 aliphatic rings. The molecule has 0 amide bonds. The van der Waals surface area contributed by atoms with Crippen LogP contribution in [0.25, 0.3) is 0 Å². The molecule has 0 atom stereocenters. The van der Waals surface area contributed by atoms with Crippen molar-refractivity contribution in [2.24, 2.45) is 0 Å². The van der Waals surface area contributed by atoms with Crippen molar-refractivity contribution in [1.29, 1.82) is 0 Å². The molecule has 0 fully saturated rings. The van der Waals surface area contributed by atoms with E-state index in [0.29, 0.717) is 0 Å². The van der Waals surface area contributed by atoms with E-state index >= 15 is 0 Å². The van der Waals surface area contributed by atoms with Gasteiger partial charge in [-0.1, -0.05) is 6.92 Å². The molecule has 4 heteroatoms. The lowest BCUT2D eigenvalue weighted by molar-refractivity contribution is -0.174. The fourth-order valence-corrected chi connectivity index (χ4v) is 0.382. The zero-order valence-electron chi connectivity index (χ0n) is 8.97. The van der Waals surface area contributed by atoms with Gasteiger partial charge >= 0.3 is 5.97 Å². The average Bonchev–Trinajstić information content (AvgIpc) is 1.98. The third-order valence-electron chi connectivity index (χ3n) is 1.80. The van der Waals surface area contributed by atoms with Gasteiger partial charge in [0.2, 0.25) is 0 Å². The molecular formula is C9H19NO3. The Bertz CT molecular complexity index is 182. The molecule has 0 aliphatic heterocycles. The molecule has 2 N–H and O–H groups in total. The van der Waals surface area contributed by atoms with Gasteiger partial charge in [-0.05, 0) is 34.1 Å². The minimum absolute atomic E-state index is 0.263. The van der Waals surface area contributed by atoms with Crippen LogP contribution in [-0.4, -0.2) is 22.2 Å². The summed E-state index contributed by atoms with van der Waals surface area (Å²) in [6.45, 7) is 8.56. The maximum Gasteiger partial charge on any atom is 0.356 e. The molecule has 0 rings (SSSR count). The summed E-state index contributed by atoms with van der Waals surface area (Å²) in [6, 6.07) is 0. The van der Waals surface area contributed by atoms with Crippen LogP contribution in [0.5, 0.6) is 0 Å². The van der Waals surface area contributed by atoms with Crippen LogP contribution in [0.1, 0.15) is 41.0 Å². The Morgan fingerprint density at radius 1 is 1.38 bits per heavy atom. The Labute approximate surface area is 79.2 Å². The molecule has 0 aromatic heterocycles. The van der Waals surface area contributed by atoms with Crippen LogP contribution in [-0.2, 0) is 9.63 Å². The van der Waals surface area contributed by atoms with Crippen LogP contribution in [0.4, 0.5) is 0 Å². The van der Waals surface area contributed by atoms with Gasteiger partial charge in [-0.2, -0.15) is 0 Å². The van der Waals surface area contributed by atoms with Crippen LogP contribution in [0, 0.1) is 0 Å². The lowest BCUT2D eigenvalue weighted by Crippen LogP contribution is -2.44. The minimum atomic E-state index is -1.45. The van der Waals surface area contributed by atoms with Crippen molar-refractivity contribution in [1.82, 2.24) is 5.48 Å². The van der Waals surface area contributed by atoms with Gasteiger partial charge in [0.1, 0.15) is 0 Å². The minimum Gasteiger partial charge on any atom is -0.379 e. The maximum absolute atomic E-state index is 11.1. The summed E-state index contributed by atoms with van der Waals surface area (Å²) in [6.07, 6.45) is 0.826. The molecular weight excluding hydrogens is 170 g/mol. The first-order chi connectivity index (χ1) is 5.69. The number of rotatable bonds is 4. The second-order valence-electron chi connectivity index (χ2n) is 4.29. The lowest BCUT2D eigenvalue weighted by Gasteiger charge is -2.25. The van der Waals surface area contributed by atoms with Gasteiger partial charge in [-0.3, -0.25) is 0 Å². The second kappa shape index (κ2) is 4.07. The van der Waals surface area contributed by atoms with Gasteiger partial charge in [0.05, 0.1) is 0 Å². The van der Waals surface area contributed by atoms with Crippen molar-refractivity contribution in [3.8, 4) is 0 Å². The normalized spacial score (nSPS) is 12.8. The van der Waals surface area contributed by atoms with E-state index in [1.807, 2.05) is 20.8 Å². The van der Waals surface area contributed by atoms with E-state index in [9.17, 15) is 9.90 Å². The summed E-state index contributed by atoms with van der Waals surface area (Å²) >= 11 is 0. The number of carbonyl (C=O) groups is 1. The number of hydroxylamine groups is 1. The third kappa shape index (κ3) is 4.85. The topological polar surface area (TPSA) is 58.6 Å². The summed E-state index contributed by atoms with van der Waals surface area (Å²) in [4.78, 5) is 15.8. The van der Waals surface area contributed by atoms with Crippen LogP contribution >= 0.6 is 0 Å². The van der Waals surface area contributed by atoms with Gasteiger partial charge in [0, 0.05) is 5.54 Å². The molecule has 0 unspecified atom stereocenters. The Hall–Kier alpha value is -0.610. The molecule has 0 radical (unpaired) electrons. The molecule has 0 saturated carbocycles. The molecule has 4 nitrogen and oxygen atoms in total. The van der Waals surface area contributed by atoms with Crippen molar-refractivity contribution in [2.75, 3.05) is 0 Å². The summed E-state index contributed by atoms with van der Waals surface area (Å²) in [5.41, 5.74) is 0.895. The van der Waals surface area contributed by atoms with Gasteiger partial charge < -0.3 is 9.94 Å². The predicted molar refractivity (Wildman–Crippen MR) is 49.9 cm³/mol. The Morgan fingerprint density at radius 2 is 1.85 bits per heavy atom. The number of aliphatic hydroxyl groups is 1. The van der Waals surface area contributed by atoms with Gasteiger partial charge in [0.15, 0.2) is 5.60 Å². The first kappa shape index (κ1) is 12.4. The molecule has 0 aromatic carbocycles. The van der Waals surface area contributed by atoms with Crippen molar-refractivity contribution in [2.45, 2.75) is 52.2 Å². The van der Waals surface area contributed by atoms with E-state index in [0.717, 1.165) is 6.42 Å². The Morgan fingerprint density at radius 3 is 2.15 bits per heavy atom. The average molecular weight is 189 g/mol. The van der Waals surface area contributed by atoms with E-state index in [4.69, 9.17) is 4.84 Å². The van der Waals surface area contributed by atoms with Crippen molar-refractivity contribution >= 4 is 5.97 Å². The van der Waals surface area contributed by atoms with Crippen LogP contribution in [0.2, 0.25) is 0 Å². The SMILES string of the molecule is CCC(C)(C)NOC(=O)C(C)(C)O. The molecule has 0 spiro atoms. The fraction of sp³-hybridized carbons (Fsp3) is 0.889. The predicted octanol–water partition coefficient (Wildman–Crippen LogP) is 0.994. The van der Waals surface area contributed by atoms with E-state index in [1.54, 1.807) is 0 Å². The van der Waals surface area contributed by atoms with E-state index in [2.05, 4.69) is 5.48 Å². The standard InChI is InChI=1S/C9H19NO3/c1-6-8(2,3)10-13-7(11)9(4,5)12/h10,12H,6H2,1-5H3. The van der Waals surface area contributed by atoms with Crippen LogP contribution < -0.4 is 5.48 Å². The summed E-state index contributed by atoms with van der Waals surface area (Å²) in [7, 11) is 0. The Balaban J connectivity index is 3.98. The number of carbonyl (C=O) groups excluding carboxylic acids is 1. The highest BCUT2D eigenvalue weighted by molar-refractivity contribution is 5.77. The highest BCUT2D eigenvalue weighted by atomic mass is 16.7.